The van der Waals surface area contributed by atoms with Crippen LogP contribution in [0.4, 0.5) is 0 Å². The van der Waals surface area contributed by atoms with Crippen LogP contribution in [0.2, 0.25) is 5.02 Å². The van der Waals surface area contributed by atoms with E-state index >= 15 is 0 Å². The monoisotopic (exact) mass is 198 g/mol. The molecule has 0 bridgehead atoms. The van der Waals surface area contributed by atoms with E-state index < -0.39 is 0 Å². The van der Waals surface area contributed by atoms with E-state index in [-0.39, 0.29) is 0 Å². The number of ether oxygens (including phenoxy) is 1. The van der Waals surface area contributed by atoms with Gasteiger partial charge in [-0.1, -0.05) is 29.8 Å². The summed E-state index contributed by atoms with van der Waals surface area (Å²) in [5.74, 6) is 0. The minimum atomic E-state index is 0.453. The molecule has 0 saturated heterocycles. The Morgan fingerprint density at radius 1 is 1.38 bits per heavy atom. The summed E-state index contributed by atoms with van der Waals surface area (Å²) in [5, 5.41) is 0.772. The van der Waals surface area contributed by atoms with Gasteiger partial charge < -0.3 is 4.74 Å². The van der Waals surface area contributed by atoms with Crippen LogP contribution >= 0.6 is 11.6 Å². The topological polar surface area (TPSA) is 26.3 Å². The van der Waals surface area contributed by atoms with Gasteiger partial charge in [-0.25, -0.2) is 0 Å². The van der Waals surface area contributed by atoms with Crippen molar-refractivity contribution in [3.05, 3.63) is 34.9 Å². The average molecular weight is 199 g/mol. The first-order valence-electron chi connectivity index (χ1n) is 4.13. The third kappa shape index (κ3) is 3.47. The van der Waals surface area contributed by atoms with Gasteiger partial charge in [0.05, 0.1) is 6.61 Å². The first kappa shape index (κ1) is 10.1. The van der Waals surface area contributed by atoms with Crippen molar-refractivity contribution in [2.75, 3.05) is 6.61 Å². The van der Waals surface area contributed by atoms with Gasteiger partial charge in [0, 0.05) is 5.02 Å². The van der Waals surface area contributed by atoms with Gasteiger partial charge in [0.25, 0.3) is 6.47 Å². The minimum absolute atomic E-state index is 0.453. The van der Waals surface area contributed by atoms with Gasteiger partial charge in [-0.05, 0) is 24.5 Å². The largest absolute Gasteiger partial charge is 0.468 e. The summed E-state index contributed by atoms with van der Waals surface area (Å²) < 4.78 is 4.57. The van der Waals surface area contributed by atoms with Crippen LogP contribution in [-0.2, 0) is 16.0 Å². The Labute approximate surface area is 82.5 Å². The number of hydrogen-bond donors (Lipinski definition) is 0. The van der Waals surface area contributed by atoms with E-state index in [1.54, 1.807) is 0 Å². The van der Waals surface area contributed by atoms with Crippen LogP contribution in [0.25, 0.3) is 0 Å². The summed E-state index contributed by atoms with van der Waals surface area (Å²) in [4.78, 5) is 9.83. The van der Waals surface area contributed by atoms with Crippen molar-refractivity contribution in [1.82, 2.24) is 0 Å². The molecule has 1 aromatic carbocycles. The molecular weight excluding hydrogens is 188 g/mol. The van der Waals surface area contributed by atoms with E-state index in [0.29, 0.717) is 13.1 Å². The van der Waals surface area contributed by atoms with Crippen LogP contribution in [-0.4, -0.2) is 13.1 Å². The Hall–Kier alpha value is -1.02. The van der Waals surface area contributed by atoms with Crippen molar-refractivity contribution in [2.45, 2.75) is 12.8 Å². The third-order valence-corrected chi connectivity index (χ3v) is 2.10. The lowest BCUT2D eigenvalue weighted by Gasteiger charge is -2.02. The second-order valence-electron chi connectivity index (χ2n) is 2.66. The molecule has 0 unspecified atom stereocenters. The van der Waals surface area contributed by atoms with Gasteiger partial charge in [0.2, 0.25) is 0 Å². The third-order valence-electron chi connectivity index (χ3n) is 1.73. The maximum Gasteiger partial charge on any atom is 0.293 e. The summed E-state index contributed by atoms with van der Waals surface area (Å²) in [7, 11) is 0. The van der Waals surface area contributed by atoms with Gasteiger partial charge in [-0.2, -0.15) is 0 Å². The summed E-state index contributed by atoms with van der Waals surface area (Å²) in [6.07, 6.45) is 1.65. The number of aryl methyl sites for hydroxylation is 1. The van der Waals surface area contributed by atoms with Gasteiger partial charge in [-0.3, -0.25) is 4.79 Å². The molecule has 13 heavy (non-hydrogen) atoms. The molecule has 0 aliphatic rings. The van der Waals surface area contributed by atoms with Crippen LogP contribution < -0.4 is 0 Å². The summed E-state index contributed by atoms with van der Waals surface area (Å²) in [6.45, 7) is 0.918. The van der Waals surface area contributed by atoms with Gasteiger partial charge in [0.1, 0.15) is 0 Å². The SMILES string of the molecule is O=COCCCc1ccccc1Cl. The van der Waals surface area contributed by atoms with E-state index in [1.807, 2.05) is 24.3 Å². The van der Waals surface area contributed by atoms with E-state index in [4.69, 9.17) is 11.6 Å². The molecule has 3 heteroatoms. The number of halogens is 1. The summed E-state index contributed by atoms with van der Waals surface area (Å²) in [5.41, 5.74) is 1.10. The lowest BCUT2D eigenvalue weighted by atomic mass is 10.1. The Morgan fingerprint density at radius 2 is 2.15 bits per heavy atom. The fourth-order valence-corrected chi connectivity index (χ4v) is 1.33. The maximum absolute atomic E-state index is 9.83. The van der Waals surface area contributed by atoms with Crippen LogP contribution in [0.1, 0.15) is 12.0 Å². The predicted octanol–water partition coefficient (Wildman–Crippen LogP) is 2.45. The van der Waals surface area contributed by atoms with E-state index in [1.165, 1.54) is 0 Å². The molecule has 0 aliphatic carbocycles. The zero-order chi connectivity index (χ0) is 9.52. The highest BCUT2D eigenvalue weighted by Crippen LogP contribution is 2.16. The molecule has 0 N–H and O–H groups in total. The molecule has 0 heterocycles. The zero-order valence-corrected chi connectivity index (χ0v) is 7.96. The standard InChI is InChI=1S/C10H11ClO2/c11-10-6-2-1-4-9(10)5-3-7-13-8-12/h1-2,4,6,8H,3,5,7H2. The van der Waals surface area contributed by atoms with Gasteiger partial charge in [0.15, 0.2) is 0 Å². The molecular formula is C10H11ClO2. The van der Waals surface area contributed by atoms with E-state index in [2.05, 4.69) is 4.74 Å². The second-order valence-corrected chi connectivity index (χ2v) is 3.07. The molecule has 0 spiro atoms. The first-order chi connectivity index (χ1) is 6.34. The van der Waals surface area contributed by atoms with Crippen molar-refractivity contribution in [3.63, 3.8) is 0 Å². The van der Waals surface area contributed by atoms with Crippen molar-refractivity contribution in [2.24, 2.45) is 0 Å². The molecule has 0 atom stereocenters. The van der Waals surface area contributed by atoms with Crippen molar-refractivity contribution < 1.29 is 9.53 Å². The van der Waals surface area contributed by atoms with Gasteiger partial charge in [-0.15, -0.1) is 0 Å². The minimum Gasteiger partial charge on any atom is -0.468 e. The highest BCUT2D eigenvalue weighted by atomic mass is 35.5. The lowest BCUT2D eigenvalue weighted by Crippen LogP contribution is -1.94. The lowest BCUT2D eigenvalue weighted by molar-refractivity contribution is -0.128. The number of rotatable bonds is 5. The maximum atomic E-state index is 9.83. The van der Waals surface area contributed by atoms with Gasteiger partial charge >= 0.3 is 0 Å². The highest BCUT2D eigenvalue weighted by Gasteiger charge is 1.97. The number of benzene rings is 1. The quantitative estimate of drug-likeness (QED) is 0.537. The normalized spacial score (nSPS) is 9.62. The van der Waals surface area contributed by atoms with Crippen LogP contribution in [0.3, 0.4) is 0 Å². The molecule has 2 nitrogen and oxygen atoms in total. The van der Waals surface area contributed by atoms with E-state index in [9.17, 15) is 4.79 Å². The number of carbonyl (C=O) groups excluding carboxylic acids is 1. The Balaban J connectivity index is 2.36. The molecule has 0 aromatic heterocycles. The molecule has 0 saturated carbocycles. The number of hydrogen-bond acceptors (Lipinski definition) is 2. The van der Waals surface area contributed by atoms with Crippen molar-refractivity contribution in [3.8, 4) is 0 Å². The first-order valence-corrected chi connectivity index (χ1v) is 4.51. The van der Waals surface area contributed by atoms with Crippen LogP contribution in [0, 0.1) is 0 Å². The Kier molecular flexibility index (Phi) is 4.33. The average Bonchev–Trinajstić information content (AvgIpc) is 2.15. The smallest absolute Gasteiger partial charge is 0.293 e. The zero-order valence-electron chi connectivity index (χ0n) is 7.20. The highest BCUT2D eigenvalue weighted by molar-refractivity contribution is 6.31. The second kappa shape index (κ2) is 5.60. The molecule has 1 rings (SSSR count). The fraction of sp³-hybridized carbons (Fsp3) is 0.300. The fourth-order valence-electron chi connectivity index (χ4n) is 1.10. The number of carbonyl (C=O) groups is 1. The molecule has 0 fully saturated rings. The summed E-state index contributed by atoms with van der Waals surface area (Å²) in [6, 6.07) is 7.68. The predicted molar refractivity (Wildman–Crippen MR) is 51.8 cm³/mol. The van der Waals surface area contributed by atoms with Crippen LogP contribution in [0.5, 0.6) is 0 Å². The van der Waals surface area contributed by atoms with Crippen molar-refractivity contribution >= 4 is 18.1 Å². The molecule has 0 aliphatic heterocycles. The molecule has 1 aromatic rings. The van der Waals surface area contributed by atoms with Crippen LogP contribution in [0.15, 0.2) is 24.3 Å². The molecule has 0 radical (unpaired) electrons. The Bertz CT molecular complexity index is 273. The molecule has 70 valence electrons. The molecule has 0 amide bonds. The Morgan fingerprint density at radius 3 is 2.85 bits per heavy atom. The van der Waals surface area contributed by atoms with Crippen molar-refractivity contribution in [1.29, 1.82) is 0 Å². The summed E-state index contributed by atoms with van der Waals surface area (Å²) >= 11 is 5.93. The van der Waals surface area contributed by atoms with E-state index in [0.717, 1.165) is 23.4 Å².